The molecule has 0 bridgehead atoms. The molecule has 2 aromatic carbocycles. The van der Waals surface area contributed by atoms with Gasteiger partial charge in [0.25, 0.3) is 0 Å². The van der Waals surface area contributed by atoms with E-state index in [0.29, 0.717) is 44.6 Å². The van der Waals surface area contributed by atoms with Gasteiger partial charge in [-0.1, -0.05) is 53.3 Å². The Labute approximate surface area is 171 Å². The van der Waals surface area contributed by atoms with Crippen molar-refractivity contribution in [3.63, 3.8) is 0 Å². The Morgan fingerprint density at radius 2 is 1.44 bits per heavy atom. The summed E-state index contributed by atoms with van der Waals surface area (Å²) in [5.41, 5.74) is 1.52. The van der Waals surface area contributed by atoms with Crippen LogP contribution in [0.1, 0.15) is 24.5 Å². The molecule has 3 nitrogen and oxygen atoms in total. The highest BCUT2D eigenvalue weighted by molar-refractivity contribution is 8.07. The third-order valence-corrected chi connectivity index (χ3v) is 6.48. The van der Waals surface area contributed by atoms with Crippen LogP contribution in [0.2, 0.25) is 20.1 Å². The molecular weight excluding hydrogens is 445 g/mol. The SMILES string of the molecule is CCCOP1(=S)Oc2c(Cl)cc(Cl)cc2Cc2cc(Cl)cc(Cl)c2O1. The summed E-state index contributed by atoms with van der Waals surface area (Å²) in [6, 6.07) is 6.72. The van der Waals surface area contributed by atoms with E-state index in [2.05, 4.69) is 0 Å². The highest BCUT2D eigenvalue weighted by Gasteiger charge is 2.32. The molecule has 0 atom stereocenters. The van der Waals surface area contributed by atoms with Crippen molar-refractivity contribution in [3.05, 3.63) is 55.5 Å². The molecule has 0 saturated carbocycles. The van der Waals surface area contributed by atoms with Gasteiger partial charge >= 0.3 is 6.72 Å². The predicted molar refractivity (Wildman–Crippen MR) is 108 cm³/mol. The molecule has 0 spiro atoms. The molecule has 0 N–H and O–H groups in total. The van der Waals surface area contributed by atoms with Gasteiger partial charge < -0.3 is 9.05 Å². The fourth-order valence-electron chi connectivity index (χ4n) is 2.40. The van der Waals surface area contributed by atoms with Gasteiger partial charge in [-0.05, 0) is 30.7 Å². The van der Waals surface area contributed by atoms with Crippen LogP contribution in [-0.4, -0.2) is 6.61 Å². The van der Waals surface area contributed by atoms with Crippen molar-refractivity contribution in [2.24, 2.45) is 0 Å². The second-order valence-electron chi connectivity index (χ2n) is 5.39. The van der Waals surface area contributed by atoms with Crippen molar-refractivity contribution in [3.8, 4) is 11.5 Å². The molecule has 1 heterocycles. The van der Waals surface area contributed by atoms with Crippen LogP contribution >= 0.6 is 53.1 Å². The monoisotopic (exact) mass is 456 g/mol. The van der Waals surface area contributed by atoms with E-state index in [1.165, 1.54) is 0 Å². The van der Waals surface area contributed by atoms with Crippen molar-refractivity contribution in [2.45, 2.75) is 19.8 Å². The zero-order valence-corrected chi connectivity index (χ0v) is 17.8. The van der Waals surface area contributed by atoms with E-state index in [0.717, 1.165) is 17.5 Å². The molecule has 0 radical (unpaired) electrons. The summed E-state index contributed by atoms with van der Waals surface area (Å²) in [4.78, 5) is 0. The molecule has 0 saturated heterocycles. The van der Waals surface area contributed by atoms with Crippen LogP contribution in [-0.2, 0) is 22.8 Å². The first-order valence-electron chi connectivity index (χ1n) is 7.41. The molecule has 0 aliphatic carbocycles. The zero-order valence-electron chi connectivity index (χ0n) is 13.0. The lowest BCUT2D eigenvalue weighted by molar-refractivity contribution is 0.260. The first kappa shape index (κ1) is 19.6. The van der Waals surface area contributed by atoms with E-state index in [9.17, 15) is 0 Å². The summed E-state index contributed by atoms with van der Waals surface area (Å²) in [5.74, 6) is 0.819. The van der Waals surface area contributed by atoms with Crippen molar-refractivity contribution >= 4 is 64.9 Å². The molecule has 3 rings (SSSR count). The maximum atomic E-state index is 6.32. The third kappa shape index (κ3) is 4.39. The minimum absolute atomic E-state index is 0.344. The van der Waals surface area contributed by atoms with Crippen LogP contribution < -0.4 is 9.05 Å². The van der Waals surface area contributed by atoms with E-state index in [-0.39, 0.29) is 0 Å². The Balaban J connectivity index is 2.20. The standard InChI is InChI=1S/C16H13Cl4O3PS/c1-2-3-21-24(25)22-15-9(5-11(17)7-13(15)19)4-10-6-12(18)8-14(20)16(10)23-24/h5-8H,2-4H2,1H3. The zero-order chi connectivity index (χ0) is 18.2. The van der Waals surface area contributed by atoms with Crippen molar-refractivity contribution in [2.75, 3.05) is 6.61 Å². The van der Waals surface area contributed by atoms with Crippen LogP contribution in [0.3, 0.4) is 0 Å². The Morgan fingerprint density at radius 1 is 0.960 bits per heavy atom. The summed E-state index contributed by atoms with van der Waals surface area (Å²) in [7, 11) is 0. The van der Waals surface area contributed by atoms with E-state index in [4.69, 9.17) is 71.8 Å². The normalized spacial score (nSPS) is 15.2. The van der Waals surface area contributed by atoms with Gasteiger partial charge in [-0.15, -0.1) is 0 Å². The van der Waals surface area contributed by atoms with Crippen molar-refractivity contribution < 1.29 is 13.6 Å². The van der Waals surface area contributed by atoms with E-state index in [1.807, 2.05) is 6.92 Å². The summed E-state index contributed by atoms with van der Waals surface area (Å²) in [6.07, 6.45) is 1.18. The first-order valence-corrected chi connectivity index (χ1v) is 11.5. The van der Waals surface area contributed by atoms with Crippen LogP contribution in [0.5, 0.6) is 11.5 Å². The predicted octanol–water partition coefficient (Wildman–Crippen LogP) is 7.31. The van der Waals surface area contributed by atoms with Crippen LogP contribution in [0.25, 0.3) is 0 Å². The fourth-order valence-corrected chi connectivity index (χ4v) is 5.75. The third-order valence-electron chi connectivity index (χ3n) is 3.41. The average molecular weight is 458 g/mol. The molecule has 0 unspecified atom stereocenters. The second kappa shape index (κ2) is 7.82. The van der Waals surface area contributed by atoms with Crippen LogP contribution in [0.4, 0.5) is 0 Å². The number of halogens is 4. The number of fused-ring (bicyclic) bond motifs is 2. The molecule has 0 amide bonds. The van der Waals surface area contributed by atoms with E-state index >= 15 is 0 Å². The molecule has 9 heteroatoms. The molecule has 1 aliphatic heterocycles. The summed E-state index contributed by atoms with van der Waals surface area (Å²) < 4.78 is 17.6. The molecule has 134 valence electrons. The highest BCUT2D eigenvalue weighted by Crippen LogP contribution is 2.56. The molecule has 1 aliphatic rings. The maximum absolute atomic E-state index is 6.32. The van der Waals surface area contributed by atoms with Gasteiger partial charge in [0.15, 0.2) is 11.5 Å². The first-order chi connectivity index (χ1) is 11.8. The minimum Gasteiger partial charge on any atom is -0.414 e. The van der Waals surface area contributed by atoms with Crippen LogP contribution in [0, 0.1) is 0 Å². The number of benzene rings is 2. The van der Waals surface area contributed by atoms with Crippen LogP contribution in [0.15, 0.2) is 24.3 Å². The lowest BCUT2D eigenvalue weighted by Gasteiger charge is -2.28. The van der Waals surface area contributed by atoms with Gasteiger partial charge in [0.05, 0.1) is 16.7 Å². The number of hydrogen-bond acceptors (Lipinski definition) is 4. The Bertz CT molecular complexity index is 811. The molecule has 0 aromatic heterocycles. The fraction of sp³-hybridized carbons (Fsp3) is 0.250. The quantitative estimate of drug-likeness (QED) is 0.451. The largest absolute Gasteiger partial charge is 0.435 e. The summed E-state index contributed by atoms with van der Waals surface area (Å²) in [6.45, 7) is -0.819. The van der Waals surface area contributed by atoms with E-state index < -0.39 is 6.72 Å². The van der Waals surface area contributed by atoms with Gasteiger partial charge in [0.2, 0.25) is 0 Å². The molecular formula is C16H13Cl4O3PS. The topological polar surface area (TPSA) is 27.7 Å². The van der Waals surface area contributed by atoms with Gasteiger partial charge in [-0.2, -0.15) is 0 Å². The second-order valence-corrected chi connectivity index (χ2v) is 9.94. The maximum Gasteiger partial charge on any atom is 0.435 e. The van der Waals surface area contributed by atoms with E-state index in [1.54, 1.807) is 24.3 Å². The van der Waals surface area contributed by atoms with Crippen molar-refractivity contribution in [1.29, 1.82) is 0 Å². The Morgan fingerprint density at radius 3 is 1.88 bits per heavy atom. The molecule has 0 fully saturated rings. The van der Waals surface area contributed by atoms with Gasteiger partial charge in [-0.3, -0.25) is 4.52 Å². The van der Waals surface area contributed by atoms with Gasteiger partial charge in [0, 0.05) is 39.4 Å². The summed E-state index contributed by atoms with van der Waals surface area (Å²) in [5, 5.41) is 1.67. The Hall–Kier alpha value is -0.190. The number of hydrogen-bond donors (Lipinski definition) is 0. The lowest BCUT2D eigenvalue weighted by Crippen LogP contribution is -2.11. The average Bonchev–Trinajstić information content (AvgIpc) is 2.51. The van der Waals surface area contributed by atoms with Gasteiger partial charge in [0.1, 0.15) is 0 Å². The summed E-state index contributed by atoms with van der Waals surface area (Å²) >= 11 is 30.5. The highest BCUT2D eigenvalue weighted by atomic mass is 35.5. The minimum atomic E-state index is -3.17. The van der Waals surface area contributed by atoms with Crippen molar-refractivity contribution in [1.82, 2.24) is 0 Å². The Kier molecular flexibility index (Phi) is 6.12. The smallest absolute Gasteiger partial charge is 0.414 e. The molecule has 2 aromatic rings. The number of rotatable bonds is 3. The molecule has 25 heavy (non-hydrogen) atoms. The van der Waals surface area contributed by atoms with Gasteiger partial charge in [-0.25, -0.2) is 0 Å². The lowest BCUT2D eigenvalue weighted by atomic mass is 10.0.